The summed E-state index contributed by atoms with van der Waals surface area (Å²) in [5, 5.41) is 4.83. The van der Waals surface area contributed by atoms with E-state index in [-0.39, 0.29) is 12.4 Å². The van der Waals surface area contributed by atoms with Crippen LogP contribution in [0.25, 0.3) is 0 Å². The van der Waals surface area contributed by atoms with Crippen molar-refractivity contribution in [3.63, 3.8) is 0 Å². The number of rotatable bonds is 7. The predicted molar refractivity (Wildman–Crippen MR) is 106 cm³/mol. The number of ether oxygens (including phenoxy) is 2. The summed E-state index contributed by atoms with van der Waals surface area (Å²) in [5.74, 6) is 0.711. The molecule has 4 nitrogen and oxygen atoms in total. The van der Waals surface area contributed by atoms with Gasteiger partial charge in [0.05, 0.1) is 19.0 Å². The number of anilines is 1. The molecular weight excluding hydrogens is 367 g/mol. The van der Waals surface area contributed by atoms with Gasteiger partial charge in [-0.3, -0.25) is 5.43 Å². The second-order valence-corrected chi connectivity index (χ2v) is 6.08. The van der Waals surface area contributed by atoms with Crippen LogP contribution >= 0.6 is 11.6 Å². The first-order valence-electron chi connectivity index (χ1n) is 8.25. The smallest absolute Gasteiger partial charge is 0.170 e. The Bertz CT molecular complexity index is 947. The van der Waals surface area contributed by atoms with Crippen LogP contribution in [0.15, 0.2) is 71.8 Å². The van der Waals surface area contributed by atoms with Crippen molar-refractivity contribution in [1.82, 2.24) is 0 Å². The van der Waals surface area contributed by atoms with Crippen molar-refractivity contribution in [1.29, 1.82) is 0 Å². The van der Waals surface area contributed by atoms with Crippen LogP contribution in [-0.2, 0) is 6.61 Å². The maximum absolute atomic E-state index is 13.8. The third kappa shape index (κ3) is 4.99. The highest BCUT2D eigenvalue weighted by Gasteiger charge is 2.11. The SMILES string of the molecule is COc1cccc(C=NNc2cccc(Cl)c2)c1OCc1ccccc1F. The van der Waals surface area contributed by atoms with Gasteiger partial charge in [-0.05, 0) is 36.4 Å². The molecule has 6 heteroatoms. The van der Waals surface area contributed by atoms with Gasteiger partial charge in [0.25, 0.3) is 0 Å². The van der Waals surface area contributed by atoms with E-state index >= 15 is 0 Å². The molecule has 3 rings (SSSR count). The molecule has 0 bridgehead atoms. The van der Waals surface area contributed by atoms with Gasteiger partial charge in [-0.25, -0.2) is 4.39 Å². The Balaban J connectivity index is 1.78. The first-order valence-corrected chi connectivity index (χ1v) is 8.63. The highest BCUT2D eigenvalue weighted by molar-refractivity contribution is 6.30. The fraction of sp³-hybridized carbons (Fsp3) is 0.0952. The first-order chi connectivity index (χ1) is 13.2. The van der Waals surface area contributed by atoms with Crippen LogP contribution in [0, 0.1) is 5.82 Å². The molecule has 1 N–H and O–H groups in total. The number of halogens is 2. The molecule has 0 aromatic heterocycles. The molecule has 0 unspecified atom stereocenters. The van der Waals surface area contributed by atoms with Gasteiger partial charge in [-0.15, -0.1) is 0 Å². The molecule has 0 atom stereocenters. The van der Waals surface area contributed by atoms with E-state index in [2.05, 4.69) is 10.5 Å². The van der Waals surface area contributed by atoms with Gasteiger partial charge in [0.1, 0.15) is 12.4 Å². The molecule has 0 radical (unpaired) electrons. The van der Waals surface area contributed by atoms with Crippen LogP contribution in [0.1, 0.15) is 11.1 Å². The molecular formula is C21H18ClFN2O2. The summed E-state index contributed by atoms with van der Waals surface area (Å²) in [7, 11) is 1.55. The second kappa shape index (κ2) is 9.05. The normalized spacial score (nSPS) is 10.8. The lowest BCUT2D eigenvalue weighted by molar-refractivity contribution is 0.279. The largest absolute Gasteiger partial charge is 0.493 e. The van der Waals surface area contributed by atoms with E-state index < -0.39 is 0 Å². The van der Waals surface area contributed by atoms with E-state index in [0.29, 0.717) is 27.6 Å². The number of nitrogens with one attached hydrogen (secondary N) is 1. The molecule has 0 spiro atoms. The molecule has 3 aromatic rings. The molecule has 0 aliphatic heterocycles. The Hall–Kier alpha value is -3.05. The van der Waals surface area contributed by atoms with Crippen molar-refractivity contribution < 1.29 is 13.9 Å². The first kappa shape index (κ1) is 18.7. The quantitative estimate of drug-likeness (QED) is 0.431. The number of para-hydroxylation sites is 1. The molecule has 0 heterocycles. The van der Waals surface area contributed by atoms with Crippen LogP contribution in [0.4, 0.5) is 10.1 Å². The molecule has 0 saturated heterocycles. The molecule has 0 saturated carbocycles. The average molecular weight is 385 g/mol. The van der Waals surface area contributed by atoms with Gasteiger partial charge >= 0.3 is 0 Å². The number of hydrogen-bond donors (Lipinski definition) is 1. The Morgan fingerprint density at radius 1 is 1.07 bits per heavy atom. The molecule has 138 valence electrons. The second-order valence-electron chi connectivity index (χ2n) is 5.64. The minimum absolute atomic E-state index is 0.0790. The Morgan fingerprint density at radius 2 is 1.89 bits per heavy atom. The summed E-state index contributed by atoms with van der Waals surface area (Å²) in [5.41, 5.74) is 4.83. The minimum atomic E-state index is -0.315. The fourth-order valence-electron chi connectivity index (χ4n) is 2.45. The van der Waals surface area contributed by atoms with Gasteiger partial charge in [0, 0.05) is 16.1 Å². The highest BCUT2D eigenvalue weighted by Crippen LogP contribution is 2.31. The fourth-order valence-corrected chi connectivity index (χ4v) is 2.64. The Morgan fingerprint density at radius 3 is 2.67 bits per heavy atom. The summed E-state index contributed by atoms with van der Waals surface area (Å²) in [6.07, 6.45) is 1.61. The number of nitrogens with zero attached hydrogens (tertiary/aromatic N) is 1. The monoisotopic (exact) mass is 384 g/mol. The maximum atomic E-state index is 13.8. The Kier molecular flexibility index (Phi) is 6.28. The number of benzene rings is 3. The predicted octanol–water partition coefficient (Wildman–Crippen LogP) is 5.51. The third-order valence-corrected chi connectivity index (χ3v) is 4.02. The van der Waals surface area contributed by atoms with Crippen LogP contribution in [0.2, 0.25) is 5.02 Å². The number of methoxy groups -OCH3 is 1. The van der Waals surface area contributed by atoms with Gasteiger partial charge in [0.2, 0.25) is 0 Å². The van der Waals surface area contributed by atoms with E-state index in [1.807, 2.05) is 24.3 Å². The van der Waals surface area contributed by atoms with E-state index in [0.717, 1.165) is 5.69 Å². The average Bonchev–Trinajstić information content (AvgIpc) is 2.68. The third-order valence-electron chi connectivity index (χ3n) is 3.78. The van der Waals surface area contributed by atoms with E-state index in [1.54, 1.807) is 49.7 Å². The van der Waals surface area contributed by atoms with Crippen molar-refractivity contribution in [3.05, 3.63) is 88.7 Å². The van der Waals surface area contributed by atoms with Crippen LogP contribution in [-0.4, -0.2) is 13.3 Å². The molecule has 0 aliphatic carbocycles. The van der Waals surface area contributed by atoms with Gasteiger partial charge in [-0.2, -0.15) is 5.10 Å². The Labute approximate surface area is 162 Å². The highest BCUT2D eigenvalue weighted by atomic mass is 35.5. The van der Waals surface area contributed by atoms with E-state index in [1.165, 1.54) is 6.07 Å². The zero-order chi connectivity index (χ0) is 19.1. The summed E-state index contributed by atoms with van der Waals surface area (Å²) in [6, 6.07) is 19.2. The molecule has 3 aromatic carbocycles. The lowest BCUT2D eigenvalue weighted by atomic mass is 10.2. The summed E-state index contributed by atoms with van der Waals surface area (Å²) in [6.45, 7) is 0.0790. The lowest BCUT2D eigenvalue weighted by Gasteiger charge is -2.13. The maximum Gasteiger partial charge on any atom is 0.170 e. The van der Waals surface area contributed by atoms with Crippen LogP contribution < -0.4 is 14.9 Å². The summed E-state index contributed by atoms with van der Waals surface area (Å²) < 4.78 is 25.0. The van der Waals surface area contributed by atoms with Gasteiger partial charge in [0.15, 0.2) is 11.5 Å². The topological polar surface area (TPSA) is 42.8 Å². The summed E-state index contributed by atoms with van der Waals surface area (Å²) >= 11 is 5.96. The minimum Gasteiger partial charge on any atom is -0.493 e. The zero-order valence-electron chi connectivity index (χ0n) is 14.7. The lowest BCUT2D eigenvalue weighted by Crippen LogP contribution is -2.03. The van der Waals surface area contributed by atoms with E-state index in [4.69, 9.17) is 21.1 Å². The van der Waals surface area contributed by atoms with Crippen molar-refractivity contribution in [3.8, 4) is 11.5 Å². The van der Waals surface area contributed by atoms with Crippen molar-refractivity contribution in [2.75, 3.05) is 12.5 Å². The van der Waals surface area contributed by atoms with Gasteiger partial charge in [-0.1, -0.05) is 41.9 Å². The molecule has 0 amide bonds. The molecule has 27 heavy (non-hydrogen) atoms. The van der Waals surface area contributed by atoms with Gasteiger partial charge < -0.3 is 9.47 Å². The molecule has 0 aliphatic rings. The molecule has 0 fully saturated rings. The van der Waals surface area contributed by atoms with Crippen molar-refractivity contribution in [2.24, 2.45) is 5.10 Å². The number of hydrazone groups is 1. The summed E-state index contributed by atoms with van der Waals surface area (Å²) in [4.78, 5) is 0. The van der Waals surface area contributed by atoms with Crippen molar-refractivity contribution >= 4 is 23.5 Å². The van der Waals surface area contributed by atoms with Crippen LogP contribution in [0.5, 0.6) is 11.5 Å². The zero-order valence-corrected chi connectivity index (χ0v) is 15.4. The van der Waals surface area contributed by atoms with Crippen LogP contribution in [0.3, 0.4) is 0 Å². The standard InChI is InChI=1S/C21H18ClFN2O2/c1-26-20-11-4-7-15(13-24-25-18-9-5-8-17(22)12-18)21(20)27-14-16-6-2-3-10-19(16)23/h2-13,25H,14H2,1H3. The van der Waals surface area contributed by atoms with Crippen molar-refractivity contribution in [2.45, 2.75) is 6.61 Å². The number of hydrogen-bond acceptors (Lipinski definition) is 4. The van der Waals surface area contributed by atoms with E-state index in [9.17, 15) is 4.39 Å².